The summed E-state index contributed by atoms with van der Waals surface area (Å²) in [6.07, 6.45) is -0.127. The van der Waals surface area contributed by atoms with Gasteiger partial charge in [-0.3, -0.25) is 4.79 Å². The molecule has 0 N–H and O–H groups in total. The summed E-state index contributed by atoms with van der Waals surface area (Å²) in [7, 11) is -3.59. The van der Waals surface area contributed by atoms with E-state index in [4.69, 9.17) is 4.74 Å². The van der Waals surface area contributed by atoms with Crippen LogP contribution in [-0.4, -0.2) is 51.0 Å². The van der Waals surface area contributed by atoms with Gasteiger partial charge in [-0.1, -0.05) is 18.2 Å². The van der Waals surface area contributed by atoms with Gasteiger partial charge in [0.2, 0.25) is 10.0 Å². The third-order valence-corrected chi connectivity index (χ3v) is 6.45. The summed E-state index contributed by atoms with van der Waals surface area (Å²) >= 11 is 0. The molecular formula is C20H24N2O4S. The number of sulfonamides is 1. The third kappa shape index (κ3) is 4.21. The van der Waals surface area contributed by atoms with Crippen LogP contribution in [0.1, 0.15) is 24.2 Å². The normalized spacial score (nSPS) is 18.2. The number of nitrogens with zero attached hydrogens (tertiary/aromatic N) is 2. The summed E-state index contributed by atoms with van der Waals surface area (Å²) in [6, 6.07) is 15.6. The maximum Gasteiger partial charge on any atom is 0.258 e. The Kier molecular flexibility index (Phi) is 5.94. The average Bonchev–Trinajstić information content (AvgIpc) is 2.69. The van der Waals surface area contributed by atoms with E-state index in [1.807, 2.05) is 44.2 Å². The predicted octanol–water partition coefficient (Wildman–Crippen LogP) is 2.76. The van der Waals surface area contributed by atoms with E-state index in [1.165, 1.54) is 16.4 Å². The fourth-order valence-electron chi connectivity index (χ4n) is 3.13. The second-order valence-electron chi connectivity index (χ2n) is 6.45. The molecule has 0 bridgehead atoms. The minimum atomic E-state index is -3.59. The van der Waals surface area contributed by atoms with E-state index in [-0.39, 0.29) is 16.9 Å². The zero-order valence-corrected chi connectivity index (χ0v) is 16.4. The standard InChI is InChI=1S/C20H24N2O4S/c1-3-22(18-7-5-4-6-8-18)20(23)17-9-11-19(12-10-17)27(24,25)21-13-14-26-16(2)15-21/h4-12,16H,3,13-15H2,1-2H3. The average molecular weight is 388 g/mol. The number of carbonyl (C=O) groups excluding carboxylic acids is 1. The van der Waals surface area contributed by atoms with E-state index < -0.39 is 10.0 Å². The number of hydrogen-bond donors (Lipinski definition) is 0. The molecule has 1 saturated heterocycles. The van der Waals surface area contributed by atoms with Crippen molar-refractivity contribution in [2.75, 3.05) is 31.1 Å². The number of para-hydroxylation sites is 1. The summed E-state index contributed by atoms with van der Waals surface area (Å²) < 4.78 is 32.4. The lowest BCUT2D eigenvalue weighted by atomic mass is 10.2. The van der Waals surface area contributed by atoms with Crippen LogP contribution in [0, 0.1) is 0 Å². The first-order valence-electron chi connectivity index (χ1n) is 9.02. The number of carbonyl (C=O) groups is 1. The van der Waals surface area contributed by atoms with Crippen LogP contribution in [-0.2, 0) is 14.8 Å². The fourth-order valence-corrected chi connectivity index (χ4v) is 4.63. The van der Waals surface area contributed by atoms with Gasteiger partial charge in [0.05, 0.1) is 17.6 Å². The maximum absolute atomic E-state index is 12.8. The largest absolute Gasteiger partial charge is 0.376 e. The Labute approximate surface area is 160 Å². The zero-order valence-electron chi connectivity index (χ0n) is 15.5. The highest BCUT2D eigenvalue weighted by atomic mass is 32.2. The van der Waals surface area contributed by atoms with Crippen LogP contribution < -0.4 is 4.90 Å². The molecule has 0 aromatic heterocycles. The van der Waals surface area contributed by atoms with Gasteiger partial charge >= 0.3 is 0 Å². The number of morpholine rings is 1. The molecule has 0 aliphatic carbocycles. The monoisotopic (exact) mass is 388 g/mol. The lowest BCUT2D eigenvalue weighted by molar-refractivity contribution is 0.0102. The first kappa shape index (κ1) is 19.5. The molecule has 2 aromatic rings. The molecule has 7 heteroatoms. The molecule has 0 saturated carbocycles. The molecule has 3 rings (SSSR count). The number of ether oxygens (including phenoxy) is 1. The molecule has 2 aromatic carbocycles. The van der Waals surface area contributed by atoms with Crippen LogP contribution >= 0.6 is 0 Å². The molecule has 1 heterocycles. The van der Waals surface area contributed by atoms with Crippen molar-refractivity contribution in [1.82, 2.24) is 4.31 Å². The SMILES string of the molecule is CCN(C(=O)c1ccc(S(=O)(=O)N2CCOC(C)C2)cc1)c1ccccc1. The number of rotatable bonds is 5. The quantitative estimate of drug-likeness (QED) is 0.790. The summed E-state index contributed by atoms with van der Waals surface area (Å²) in [4.78, 5) is 14.7. The van der Waals surface area contributed by atoms with E-state index in [1.54, 1.807) is 17.0 Å². The Morgan fingerprint density at radius 1 is 1.15 bits per heavy atom. The minimum Gasteiger partial charge on any atom is -0.376 e. The van der Waals surface area contributed by atoms with Crippen LogP contribution in [0.3, 0.4) is 0 Å². The van der Waals surface area contributed by atoms with E-state index in [9.17, 15) is 13.2 Å². The smallest absolute Gasteiger partial charge is 0.258 e. The molecule has 1 aliphatic heterocycles. The van der Waals surface area contributed by atoms with Gasteiger partial charge in [-0.15, -0.1) is 0 Å². The molecule has 144 valence electrons. The number of benzene rings is 2. The van der Waals surface area contributed by atoms with Gasteiger partial charge in [-0.25, -0.2) is 8.42 Å². The van der Waals surface area contributed by atoms with E-state index in [0.29, 0.717) is 31.8 Å². The number of amides is 1. The number of anilines is 1. The summed E-state index contributed by atoms with van der Waals surface area (Å²) in [5, 5.41) is 0. The molecular weight excluding hydrogens is 364 g/mol. The lowest BCUT2D eigenvalue weighted by Crippen LogP contribution is -2.44. The van der Waals surface area contributed by atoms with Crippen molar-refractivity contribution in [3.8, 4) is 0 Å². The Bertz CT molecular complexity index is 882. The molecule has 1 aliphatic rings. The molecule has 6 nitrogen and oxygen atoms in total. The minimum absolute atomic E-state index is 0.127. The second-order valence-corrected chi connectivity index (χ2v) is 8.39. The first-order valence-corrected chi connectivity index (χ1v) is 10.5. The second kappa shape index (κ2) is 8.21. The Morgan fingerprint density at radius 3 is 2.41 bits per heavy atom. The third-order valence-electron chi connectivity index (χ3n) is 4.57. The van der Waals surface area contributed by atoms with Gasteiger partial charge < -0.3 is 9.64 Å². The predicted molar refractivity (Wildman–Crippen MR) is 104 cm³/mol. The highest BCUT2D eigenvalue weighted by Crippen LogP contribution is 2.21. The van der Waals surface area contributed by atoms with Gasteiger partial charge in [-0.05, 0) is 50.2 Å². The molecule has 0 spiro atoms. The van der Waals surface area contributed by atoms with Gasteiger partial charge in [0.25, 0.3) is 5.91 Å². The summed E-state index contributed by atoms with van der Waals surface area (Å²) in [6.45, 7) is 5.34. The van der Waals surface area contributed by atoms with Gasteiger partial charge in [-0.2, -0.15) is 4.31 Å². The summed E-state index contributed by atoms with van der Waals surface area (Å²) in [5.74, 6) is -0.160. The van der Waals surface area contributed by atoms with Crippen molar-refractivity contribution < 1.29 is 17.9 Å². The van der Waals surface area contributed by atoms with Gasteiger partial charge in [0.15, 0.2) is 0 Å². The van der Waals surface area contributed by atoms with Crippen LogP contribution in [0.5, 0.6) is 0 Å². The Hall–Kier alpha value is -2.22. The summed E-state index contributed by atoms with van der Waals surface area (Å²) in [5.41, 5.74) is 1.26. The van der Waals surface area contributed by atoms with Gasteiger partial charge in [0, 0.05) is 30.9 Å². The van der Waals surface area contributed by atoms with Crippen molar-refractivity contribution >= 4 is 21.6 Å². The van der Waals surface area contributed by atoms with E-state index in [0.717, 1.165) is 5.69 Å². The molecule has 1 fully saturated rings. The fraction of sp³-hybridized carbons (Fsp3) is 0.350. The Morgan fingerprint density at radius 2 is 1.81 bits per heavy atom. The van der Waals surface area contributed by atoms with Crippen LogP contribution in [0.2, 0.25) is 0 Å². The van der Waals surface area contributed by atoms with Crippen molar-refractivity contribution in [3.63, 3.8) is 0 Å². The van der Waals surface area contributed by atoms with Crippen LogP contribution in [0.15, 0.2) is 59.5 Å². The van der Waals surface area contributed by atoms with Crippen molar-refractivity contribution in [2.45, 2.75) is 24.8 Å². The number of hydrogen-bond acceptors (Lipinski definition) is 4. The highest BCUT2D eigenvalue weighted by Gasteiger charge is 2.29. The highest BCUT2D eigenvalue weighted by molar-refractivity contribution is 7.89. The van der Waals surface area contributed by atoms with E-state index >= 15 is 0 Å². The topological polar surface area (TPSA) is 66.9 Å². The van der Waals surface area contributed by atoms with E-state index in [2.05, 4.69) is 0 Å². The van der Waals surface area contributed by atoms with Crippen LogP contribution in [0.4, 0.5) is 5.69 Å². The molecule has 27 heavy (non-hydrogen) atoms. The lowest BCUT2D eigenvalue weighted by Gasteiger charge is -2.30. The van der Waals surface area contributed by atoms with Crippen molar-refractivity contribution in [3.05, 3.63) is 60.2 Å². The zero-order chi connectivity index (χ0) is 19.4. The molecule has 1 amide bonds. The maximum atomic E-state index is 12.8. The Balaban J connectivity index is 1.81. The van der Waals surface area contributed by atoms with Crippen molar-refractivity contribution in [1.29, 1.82) is 0 Å². The molecule has 0 radical (unpaired) electrons. The van der Waals surface area contributed by atoms with Crippen LogP contribution in [0.25, 0.3) is 0 Å². The van der Waals surface area contributed by atoms with Crippen molar-refractivity contribution in [2.24, 2.45) is 0 Å². The molecule has 1 atom stereocenters. The molecule has 1 unspecified atom stereocenters. The van der Waals surface area contributed by atoms with Gasteiger partial charge in [0.1, 0.15) is 0 Å². The first-order chi connectivity index (χ1) is 12.9.